The fraction of sp³-hybridized carbons (Fsp3) is 0.567. The summed E-state index contributed by atoms with van der Waals surface area (Å²) in [6.45, 7) is 3.09. The number of nitrogens with zero attached hydrogens (tertiary/aromatic N) is 1. The molecule has 0 radical (unpaired) electrons. The maximum atomic E-state index is 13.4. The summed E-state index contributed by atoms with van der Waals surface area (Å²) in [5.41, 5.74) is 1.98. The molecule has 2 unspecified atom stereocenters. The minimum absolute atomic E-state index is 0.0459. The predicted molar refractivity (Wildman–Crippen MR) is 152 cm³/mol. The van der Waals surface area contributed by atoms with Gasteiger partial charge in [0.25, 0.3) is 0 Å². The van der Waals surface area contributed by atoms with Crippen molar-refractivity contribution in [2.45, 2.75) is 77.2 Å². The lowest BCUT2D eigenvalue weighted by atomic mass is 10.1. The zero-order valence-electron chi connectivity index (χ0n) is 23.3. The summed E-state index contributed by atoms with van der Waals surface area (Å²) in [6.07, 6.45) is 10.8. The van der Waals surface area contributed by atoms with Crippen LogP contribution in [0.2, 0.25) is 0 Å². The van der Waals surface area contributed by atoms with Gasteiger partial charge in [-0.1, -0.05) is 76.1 Å². The summed E-state index contributed by atoms with van der Waals surface area (Å²) in [7, 11) is -3.02. The SMILES string of the molecule is CCCCCCCCCCOc1cccc(C2CC2C(=O)N(CCOP(=O)(O)O)Cc2ccc(OC)cc2)c1. The van der Waals surface area contributed by atoms with Crippen molar-refractivity contribution in [3.63, 3.8) is 0 Å². The van der Waals surface area contributed by atoms with Gasteiger partial charge in [-0.3, -0.25) is 9.32 Å². The molecule has 1 amide bonds. The summed E-state index contributed by atoms with van der Waals surface area (Å²) in [4.78, 5) is 33.2. The number of phosphoric acid groups is 1. The number of benzene rings is 2. The molecule has 8 nitrogen and oxygen atoms in total. The Hall–Kier alpha value is -2.38. The van der Waals surface area contributed by atoms with Crippen molar-refractivity contribution >= 4 is 13.7 Å². The van der Waals surface area contributed by atoms with Crippen molar-refractivity contribution in [3.8, 4) is 11.5 Å². The van der Waals surface area contributed by atoms with Crippen molar-refractivity contribution < 1.29 is 33.1 Å². The highest BCUT2D eigenvalue weighted by Gasteiger charge is 2.45. The Morgan fingerprint density at radius 3 is 2.31 bits per heavy atom. The lowest BCUT2D eigenvalue weighted by molar-refractivity contribution is -0.133. The summed E-state index contributed by atoms with van der Waals surface area (Å²) in [6, 6.07) is 15.4. The van der Waals surface area contributed by atoms with Gasteiger partial charge in [0.1, 0.15) is 11.5 Å². The molecule has 0 bridgehead atoms. The zero-order valence-corrected chi connectivity index (χ0v) is 24.2. The molecule has 39 heavy (non-hydrogen) atoms. The standard InChI is InChI=1S/C30H44NO7P/c1-3-4-5-6-7-8-9-10-19-37-27-13-11-12-25(21-27)28-22-29(28)30(32)31(18-20-38-39(33,34)35)23-24-14-16-26(36-2)17-15-24/h11-17,21,28-29H,3-10,18-20,22-23H2,1-2H3,(H2,33,34,35). The molecule has 9 heteroatoms. The van der Waals surface area contributed by atoms with Gasteiger partial charge >= 0.3 is 7.82 Å². The fourth-order valence-corrected chi connectivity index (χ4v) is 5.14. The molecule has 0 saturated heterocycles. The van der Waals surface area contributed by atoms with Crippen LogP contribution in [0, 0.1) is 5.92 Å². The van der Waals surface area contributed by atoms with Crippen LogP contribution in [0.1, 0.15) is 81.8 Å². The van der Waals surface area contributed by atoms with E-state index in [-0.39, 0.29) is 30.9 Å². The number of amides is 1. The Bertz CT molecular complexity index is 1060. The Labute approximate surface area is 232 Å². The number of phosphoric ester groups is 1. The third-order valence-electron chi connectivity index (χ3n) is 7.13. The highest BCUT2D eigenvalue weighted by Crippen LogP contribution is 2.49. The first-order valence-electron chi connectivity index (χ1n) is 14.1. The van der Waals surface area contributed by atoms with Crippen LogP contribution in [0.25, 0.3) is 0 Å². The average molecular weight is 562 g/mol. The lowest BCUT2D eigenvalue weighted by Crippen LogP contribution is -2.35. The van der Waals surface area contributed by atoms with Crippen LogP contribution in [0.15, 0.2) is 48.5 Å². The minimum atomic E-state index is -4.61. The highest BCUT2D eigenvalue weighted by molar-refractivity contribution is 7.46. The first-order chi connectivity index (χ1) is 18.8. The summed E-state index contributed by atoms with van der Waals surface area (Å²) in [5, 5.41) is 0. The topological polar surface area (TPSA) is 106 Å². The largest absolute Gasteiger partial charge is 0.497 e. The van der Waals surface area contributed by atoms with Crippen LogP contribution in [0.3, 0.4) is 0 Å². The van der Waals surface area contributed by atoms with Gasteiger partial charge in [-0.15, -0.1) is 0 Å². The van der Waals surface area contributed by atoms with Crippen LogP contribution < -0.4 is 9.47 Å². The summed E-state index contributed by atoms with van der Waals surface area (Å²) < 4.78 is 27.0. The average Bonchev–Trinajstić information content (AvgIpc) is 3.72. The molecule has 0 heterocycles. The third kappa shape index (κ3) is 11.3. The smallest absolute Gasteiger partial charge is 0.469 e. The van der Waals surface area contributed by atoms with E-state index in [2.05, 4.69) is 11.4 Å². The number of carbonyl (C=O) groups excluding carboxylic acids is 1. The third-order valence-corrected chi connectivity index (χ3v) is 7.64. The first-order valence-corrected chi connectivity index (χ1v) is 15.7. The van der Waals surface area contributed by atoms with Crippen LogP contribution >= 0.6 is 7.82 Å². The maximum absolute atomic E-state index is 13.4. The van der Waals surface area contributed by atoms with Gasteiger partial charge in [0.2, 0.25) is 5.91 Å². The number of carbonyl (C=O) groups is 1. The molecule has 0 aromatic heterocycles. The van der Waals surface area contributed by atoms with E-state index in [0.717, 1.165) is 29.7 Å². The second-order valence-corrected chi connectivity index (χ2v) is 11.5. The van der Waals surface area contributed by atoms with Gasteiger partial charge in [0, 0.05) is 19.0 Å². The molecule has 216 valence electrons. The number of hydrogen-bond acceptors (Lipinski definition) is 5. The van der Waals surface area contributed by atoms with E-state index in [0.29, 0.717) is 18.9 Å². The molecule has 0 aliphatic heterocycles. The Morgan fingerprint density at radius 2 is 1.64 bits per heavy atom. The van der Waals surface area contributed by atoms with Crippen LogP contribution in [0.4, 0.5) is 0 Å². The number of methoxy groups -OCH3 is 1. The van der Waals surface area contributed by atoms with Gasteiger partial charge in [-0.05, 0) is 54.2 Å². The molecule has 1 saturated carbocycles. The second kappa shape index (κ2) is 16.0. The normalized spacial score (nSPS) is 16.6. The second-order valence-electron chi connectivity index (χ2n) is 10.3. The monoisotopic (exact) mass is 561 g/mol. The number of rotatable bonds is 19. The van der Waals surface area contributed by atoms with Gasteiger partial charge < -0.3 is 24.2 Å². The fourth-order valence-electron chi connectivity index (χ4n) is 4.82. The van der Waals surface area contributed by atoms with E-state index >= 15 is 0 Å². The molecule has 1 aliphatic carbocycles. The van der Waals surface area contributed by atoms with Crippen LogP contribution in [-0.2, 0) is 20.4 Å². The minimum Gasteiger partial charge on any atom is -0.497 e. The molecule has 2 atom stereocenters. The van der Waals surface area contributed by atoms with Crippen molar-refractivity contribution in [1.82, 2.24) is 4.90 Å². The number of ether oxygens (including phenoxy) is 2. The molecule has 2 aromatic carbocycles. The van der Waals surface area contributed by atoms with Gasteiger partial charge in [0.15, 0.2) is 0 Å². The van der Waals surface area contributed by atoms with Gasteiger partial charge in [-0.25, -0.2) is 4.57 Å². The van der Waals surface area contributed by atoms with E-state index in [1.165, 1.54) is 44.9 Å². The van der Waals surface area contributed by atoms with E-state index in [1.807, 2.05) is 48.5 Å². The van der Waals surface area contributed by atoms with Crippen molar-refractivity contribution in [2.75, 3.05) is 26.9 Å². The van der Waals surface area contributed by atoms with E-state index in [9.17, 15) is 9.36 Å². The maximum Gasteiger partial charge on any atom is 0.469 e. The Kier molecular flexibility index (Phi) is 12.8. The zero-order chi connectivity index (χ0) is 28.1. The molecular weight excluding hydrogens is 517 g/mol. The van der Waals surface area contributed by atoms with Crippen molar-refractivity contribution in [2.24, 2.45) is 5.92 Å². The van der Waals surface area contributed by atoms with Crippen LogP contribution in [-0.4, -0.2) is 47.5 Å². The predicted octanol–water partition coefficient (Wildman–Crippen LogP) is 6.46. The molecule has 1 fully saturated rings. The number of unbranched alkanes of at least 4 members (excludes halogenated alkanes) is 7. The number of hydrogen-bond donors (Lipinski definition) is 2. The van der Waals surface area contributed by atoms with Gasteiger partial charge in [0.05, 0.1) is 20.3 Å². The summed E-state index contributed by atoms with van der Waals surface area (Å²) >= 11 is 0. The van der Waals surface area contributed by atoms with Crippen molar-refractivity contribution in [3.05, 3.63) is 59.7 Å². The first kappa shape index (κ1) is 31.2. The van der Waals surface area contributed by atoms with Crippen molar-refractivity contribution in [1.29, 1.82) is 0 Å². The van der Waals surface area contributed by atoms with E-state index in [1.54, 1.807) is 12.0 Å². The van der Waals surface area contributed by atoms with Gasteiger partial charge in [-0.2, -0.15) is 0 Å². The molecule has 3 rings (SSSR count). The van der Waals surface area contributed by atoms with Crippen LogP contribution in [0.5, 0.6) is 11.5 Å². The molecule has 2 N–H and O–H groups in total. The lowest BCUT2D eigenvalue weighted by Gasteiger charge is -2.23. The Morgan fingerprint density at radius 1 is 0.949 bits per heavy atom. The molecule has 1 aliphatic rings. The Balaban J connectivity index is 1.51. The molecule has 0 spiro atoms. The summed E-state index contributed by atoms with van der Waals surface area (Å²) in [5.74, 6) is 1.42. The molecular formula is C30H44NO7P. The van der Waals surface area contributed by atoms with E-state index in [4.69, 9.17) is 19.3 Å². The highest BCUT2D eigenvalue weighted by atomic mass is 31.2. The quantitative estimate of drug-likeness (QED) is 0.150. The molecule has 2 aromatic rings. The van der Waals surface area contributed by atoms with E-state index < -0.39 is 7.82 Å².